The quantitative estimate of drug-likeness (QED) is 0.361. The molecule has 0 aromatic heterocycles. The lowest BCUT2D eigenvalue weighted by Gasteiger charge is -2.04. The van der Waals surface area contributed by atoms with Crippen molar-refractivity contribution in [3.63, 3.8) is 0 Å². The van der Waals surface area contributed by atoms with Crippen LogP contribution >= 0.6 is 21.0 Å². The van der Waals surface area contributed by atoms with Gasteiger partial charge in [0.15, 0.2) is 0 Å². The molecule has 2 N–H and O–H groups in total. The molecule has 78 valence electrons. The van der Waals surface area contributed by atoms with E-state index in [9.17, 15) is 0 Å². The average Bonchev–Trinajstić information content (AvgIpc) is 2.29. The number of hydrogen-bond acceptors (Lipinski definition) is 2. The van der Waals surface area contributed by atoms with Crippen molar-refractivity contribution >= 4 is 32.9 Å². The number of hydrogen-bond donors (Lipinski definition) is 2. The van der Waals surface area contributed by atoms with Crippen LogP contribution in [0.1, 0.15) is 17.5 Å². The predicted molar refractivity (Wildman–Crippen MR) is 69.9 cm³/mol. The molecular formula is C11H12ClN2P. The highest BCUT2D eigenvalue weighted by Crippen LogP contribution is 2.16. The zero-order valence-electron chi connectivity index (χ0n) is 8.18. The zero-order valence-corrected chi connectivity index (χ0v) is 10.1. The summed E-state index contributed by atoms with van der Waals surface area (Å²) in [7, 11) is 2.41. The molecular weight excluding hydrogens is 227 g/mol. The van der Waals surface area contributed by atoms with Crippen LogP contribution in [0.4, 0.5) is 5.69 Å². The van der Waals surface area contributed by atoms with E-state index in [2.05, 4.69) is 26.3 Å². The molecule has 0 aliphatic heterocycles. The minimum absolute atomic E-state index is 0.551. The average molecular weight is 239 g/mol. The van der Waals surface area contributed by atoms with E-state index in [-0.39, 0.29) is 0 Å². The van der Waals surface area contributed by atoms with E-state index in [1.807, 2.05) is 18.2 Å². The summed E-state index contributed by atoms with van der Waals surface area (Å²) >= 11 is 5.52. The Morgan fingerprint density at radius 1 is 1.53 bits per heavy atom. The van der Waals surface area contributed by atoms with E-state index in [1.165, 1.54) is 6.21 Å². The normalized spacial score (nSPS) is 8.93. The van der Waals surface area contributed by atoms with E-state index in [1.54, 1.807) is 0 Å². The SMILES string of the molecule is N=Cc1cc(C#CCCCl)ccc1NP. The Bertz CT molecular complexity index is 407. The van der Waals surface area contributed by atoms with Crippen LogP contribution in [0.2, 0.25) is 0 Å². The van der Waals surface area contributed by atoms with Crippen molar-refractivity contribution in [2.45, 2.75) is 6.42 Å². The van der Waals surface area contributed by atoms with Crippen LogP contribution in [0.25, 0.3) is 0 Å². The van der Waals surface area contributed by atoms with Crippen LogP contribution < -0.4 is 5.09 Å². The molecule has 1 atom stereocenters. The molecule has 2 nitrogen and oxygen atoms in total. The van der Waals surface area contributed by atoms with Gasteiger partial charge in [-0.05, 0) is 27.6 Å². The van der Waals surface area contributed by atoms with Gasteiger partial charge in [-0.25, -0.2) is 0 Å². The van der Waals surface area contributed by atoms with Crippen molar-refractivity contribution in [2.75, 3.05) is 11.0 Å². The van der Waals surface area contributed by atoms with Gasteiger partial charge < -0.3 is 10.5 Å². The fraction of sp³-hybridized carbons (Fsp3) is 0.182. The highest BCUT2D eigenvalue weighted by atomic mass is 35.5. The second kappa shape index (κ2) is 6.45. The number of benzene rings is 1. The Morgan fingerprint density at radius 2 is 2.33 bits per heavy atom. The van der Waals surface area contributed by atoms with Gasteiger partial charge in [-0.2, -0.15) is 0 Å². The van der Waals surface area contributed by atoms with Crippen LogP contribution in [-0.4, -0.2) is 12.1 Å². The second-order valence-corrected chi connectivity index (χ2v) is 3.50. The Labute approximate surface area is 97.2 Å². The minimum atomic E-state index is 0.551. The number of halogens is 1. The molecule has 0 spiro atoms. The molecule has 0 fully saturated rings. The number of alkyl halides is 1. The minimum Gasteiger partial charge on any atom is -0.369 e. The molecule has 1 aromatic carbocycles. The van der Waals surface area contributed by atoms with Crippen LogP contribution in [0.5, 0.6) is 0 Å². The van der Waals surface area contributed by atoms with Crippen LogP contribution in [0.3, 0.4) is 0 Å². The molecule has 0 radical (unpaired) electrons. The van der Waals surface area contributed by atoms with Crippen molar-refractivity contribution in [3.8, 4) is 11.8 Å². The molecule has 0 bridgehead atoms. The maximum Gasteiger partial charge on any atom is 0.0458 e. The van der Waals surface area contributed by atoms with E-state index in [0.29, 0.717) is 12.3 Å². The highest BCUT2D eigenvalue weighted by molar-refractivity contribution is 7.18. The van der Waals surface area contributed by atoms with Gasteiger partial charge in [0.25, 0.3) is 0 Å². The maximum absolute atomic E-state index is 7.25. The molecule has 15 heavy (non-hydrogen) atoms. The number of rotatable bonds is 3. The molecule has 0 heterocycles. The third-order valence-corrected chi connectivity index (χ3v) is 2.31. The Balaban J connectivity index is 2.94. The van der Waals surface area contributed by atoms with Crippen molar-refractivity contribution in [2.24, 2.45) is 0 Å². The lowest BCUT2D eigenvalue weighted by molar-refractivity contribution is 1.29. The lowest BCUT2D eigenvalue weighted by Crippen LogP contribution is -1.90. The first kappa shape index (κ1) is 12.0. The summed E-state index contributed by atoms with van der Waals surface area (Å²) in [5, 5.41) is 10.2. The lowest BCUT2D eigenvalue weighted by atomic mass is 10.1. The predicted octanol–water partition coefficient (Wildman–Crippen LogP) is 2.87. The van der Waals surface area contributed by atoms with E-state index in [4.69, 9.17) is 17.0 Å². The van der Waals surface area contributed by atoms with Gasteiger partial charge in [-0.1, -0.05) is 11.8 Å². The van der Waals surface area contributed by atoms with Crippen molar-refractivity contribution in [1.29, 1.82) is 5.41 Å². The summed E-state index contributed by atoms with van der Waals surface area (Å²) < 4.78 is 0. The monoisotopic (exact) mass is 238 g/mol. The zero-order chi connectivity index (χ0) is 11.1. The molecule has 0 aliphatic carbocycles. The first-order valence-corrected chi connectivity index (χ1v) is 5.59. The van der Waals surface area contributed by atoms with Gasteiger partial charge in [0.2, 0.25) is 0 Å². The first-order valence-electron chi connectivity index (χ1n) is 4.47. The number of anilines is 1. The summed E-state index contributed by atoms with van der Waals surface area (Å²) in [6.45, 7) is 0. The molecule has 0 amide bonds. The fourth-order valence-electron chi connectivity index (χ4n) is 1.10. The van der Waals surface area contributed by atoms with Crippen LogP contribution in [0, 0.1) is 17.3 Å². The largest absolute Gasteiger partial charge is 0.369 e. The van der Waals surface area contributed by atoms with Crippen molar-refractivity contribution < 1.29 is 0 Å². The standard InChI is InChI=1S/C11H12ClN2P/c12-6-2-1-3-9-4-5-11(14-15)10(7-9)8-13/h4-5,7-8,13-14H,2,6,15H2. The Hall–Kier alpha value is -1.03. The molecule has 0 aliphatic rings. The van der Waals surface area contributed by atoms with Gasteiger partial charge in [-0.3, -0.25) is 0 Å². The smallest absolute Gasteiger partial charge is 0.0458 e. The summed E-state index contributed by atoms with van der Waals surface area (Å²) in [5.41, 5.74) is 2.63. The van der Waals surface area contributed by atoms with Crippen LogP contribution in [0.15, 0.2) is 18.2 Å². The van der Waals surface area contributed by atoms with Gasteiger partial charge in [0.1, 0.15) is 0 Å². The number of nitrogens with one attached hydrogen (secondary N) is 2. The second-order valence-electron chi connectivity index (χ2n) is 2.83. The van der Waals surface area contributed by atoms with E-state index < -0.39 is 0 Å². The van der Waals surface area contributed by atoms with E-state index in [0.717, 1.165) is 16.8 Å². The summed E-state index contributed by atoms with van der Waals surface area (Å²) in [6.07, 6.45) is 1.99. The van der Waals surface area contributed by atoms with Crippen molar-refractivity contribution in [1.82, 2.24) is 0 Å². The Morgan fingerprint density at radius 3 is 2.93 bits per heavy atom. The summed E-state index contributed by atoms with van der Waals surface area (Å²) in [6, 6.07) is 5.69. The Kier molecular flexibility index (Phi) is 5.18. The van der Waals surface area contributed by atoms with Gasteiger partial charge in [0.05, 0.1) is 0 Å². The van der Waals surface area contributed by atoms with Crippen LogP contribution in [-0.2, 0) is 0 Å². The third kappa shape index (κ3) is 3.55. The molecule has 1 aromatic rings. The van der Waals surface area contributed by atoms with Gasteiger partial charge in [-0.15, -0.1) is 11.6 Å². The summed E-state index contributed by atoms with van der Waals surface area (Å²) in [5.74, 6) is 6.51. The fourth-order valence-corrected chi connectivity index (χ4v) is 1.46. The van der Waals surface area contributed by atoms with Gasteiger partial charge >= 0.3 is 0 Å². The highest BCUT2D eigenvalue weighted by Gasteiger charge is 1.97. The van der Waals surface area contributed by atoms with Gasteiger partial charge in [0, 0.05) is 35.3 Å². The molecule has 0 saturated carbocycles. The van der Waals surface area contributed by atoms with E-state index >= 15 is 0 Å². The molecule has 1 rings (SSSR count). The molecule has 1 unspecified atom stereocenters. The first-order chi connectivity index (χ1) is 7.31. The third-order valence-electron chi connectivity index (χ3n) is 1.81. The summed E-state index contributed by atoms with van der Waals surface area (Å²) in [4.78, 5) is 0. The molecule has 4 heteroatoms. The topological polar surface area (TPSA) is 35.9 Å². The molecule has 0 saturated heterocycles. The van der Waals surface area contributed by atoms with Crippen molar-refractivity contribution in [3.05, 3.63) is 29.3 Å². The maximum atomic E-state index is 7.25.